The molecule has 3 heteroatoms. The van der Waals surface area contributed by atoms with Crippen molar-refractivity contribution in [3.8, 4) is 0 Å². The summed E-state index contributed by atoms with van der Waals surface area (Å²) in [6, 6.07) is 0. The summed E-state index contributed by atoms with van der Waals surface area (Å²) >= 11 is 0.393. The van der Waals surface area contributed by atoms with Crippen molar-refractivity contribution in [2.45, 2.75) is 29.4 Å². The zero-order valence-corrected chi connectivity index (χ0v) is 6.88. The first-order valence-electron chi connectivity index (χ1n) is 3.15. The number of rotatable bonds is 1. The normalized spacial score (nSPS) is 27.8. The summed E-state index contributed by atoms with van der Waals surface area (Å²) in [5, 5.41) is 9.72. The van der Waals surface area contributed by atoms with Crippen molar-refractivity contribution >= 4 is 20.9 Å². The van der Waals surface area contributed by atoms with Gasteiger partial charge in [-0.2, -0.15) is 0 Å². The zero-order chi connectivity index (χ0) is 6.69. The second kappa shape index (κ2) is 3.23. The molecule has 9 heavy (non-hydrogen) atoms. The van der Waals surface area contributed by atoms with Crippen LogP contribution in [0.1, 0.15) is 19.3 Å². The van der Waals surface area contributed by atoms with E-state index < -0.39 is 5.97 Å². The van der Waals surface area contributed by atoms with E-state index in [0.29, 0.717) is 15.0 Å². The van der Waals surface area contributed by atoms with Gasteiger partial charge in [-0.05, 0) is 0 Å². The first-order chi connectivity index (χ1) is 4.30. The van der Waals surface area contributed by atoms with Crippen molar-refractivity contribution in [1.29, 1.82) is 0 Å². The van der Waals surface area contributed by atoms with Crippen molar-refractivity contribution in [2.24, 2.45) is 0 Å². The van der Waals surface area contributed by atoms with Crippen LogP contribution in [-0.2, 0) is 4.79 Å². The van der Waals surface area contributed by atoms with Crippen LogP contribution in [0.5, 0.6) is 0 Å². The SMILES string of the molecule is O=C(O)C1CCCC[Se]1. The van der Waals surface area contributed by atoms with Gasteiger partial charge in [0.15, 0.2) is 0 Å². The second-order valence-corrected chi connectivity index (χ2v) is 4.94. The predicted octanol–water partition coefficient (Wildman–Crippen LogP) is 1.17. The average molecular weight is 193 g/mol. The molecule has 1 saturated heterocycles. The molecule has 0 aliphatic carbocycles. The minimum absolute atomic E-state index is 0.0336. The number of hydrogen-bond acceptors (Lipinski definition) is 1. The summed E-state index contributed by atoms with van der Waals surface area (Å²) < 4.78 is 0. The van der Waals surface area contributed by atoms with Crippen molar-refractivity contribution < 1.29 is 9.90 Å². The molecule has 1 unspecified atom stereocenters. The van der Waals surface area contributed by atoms with E-state index in [0.717, 1.165) is 12.8 Å². The monoisotopic (exact) mass is 194 g/mol. The predicted molar refractivity (Wildman–Crippen MR) is 35.8 cm³/mol. The van der Waals surface area contributed by atoms with E-state index in [2.05, 4.69) is 0 Å². The fourth-order valence-corrected chi connectivity index (χ4v) is 3.31. The van der Waals surface area contributed by atoms with Gasteiger partial charge >= 0.3 is 60.2 Å². The van der Waals surface area contributed by atoms with E-state index in [4.69, 9.17) is 5.11 Å². The molecule has 1 N–H and O–H groups in total. The first kappa shape index (κ1) is 7.10. The van der Waals surface area contributed by atoms with Gasteiger partial charge in [-0.1, -0.05) is 0 Å². The van der Waals surface area contributed by atoms with Crippen molar-refractivity contribution in [2.75, 3.05) is 0 Å². The average Bonchev–Trinajstić information content (AvgIpc) is 1.90. The summed E-state index contributed by atoms with van der Waals surface area (Å²) in [4.78, 5) is 10.4. The van der Waals surface area contributed by atoms with Gasteiger partial charge in [-0.15, -0.1) is 0 Å². The van der Waals surface area contributed by atoms with Crippen LogP contribution < -0.4 is 0 Å². The van der Waals surface area contributed by atoms with Crippen LogP contribution in [0.4, 0.5) is 0 Å². The van der Waals surface area contributed by atoms with E-state index in [1.807, 2.05) is 0 Å². The molecule has 0 spiro atoms. The standard InChI is InChI=1S/C6H10O2Se/c7-6(8)5-3-1-2-4-9-5/h5H,1-4H2,(H,7,8). The van der Waals surface area contributed by atoms with Crippen LogP contribution >= 0.6 is 0 Å². The van der Waals surface area contributed by atoms with Crippen LogP contribution in [0.3, 0.4) is 0 Å². The Hall–Kier alpha value is -0.0105. The number of aliphatic carboxylic acids is 1. The molecule has 1 aliphatic rings. The molecule has 0 saturated carbocycles. The number of carboxylic acid groups (broad SMARTS) is 1. The maximum absolute atomic E-state index is 10.4. The molecule has 0 aromatic heterocycles. The second-order valence-electron chi connectivity index (χ2n) is 2.19. The zero-order valence-electron chi connectivity index (χ0n) is 5.17. The Morgan fingerprint density at radius 3 is 2.67 bits per heavy atom. The van der Waals surface area contributed by atoms with E-state index in [1.54, 1.807) is 0 Å². The topological polar surface area (TPSA) is 37.3 Å². The molecule has 1 aliphatic heterocycles. The molecule has 1 fully saturated rings. The third kappa shape index (κ3) is 1.99. The number of carbonyl (C=O) groups is 1. The van der Waals surface area contributed by atoms with Crippen LogP contribution in [0.2, 0.25) is 10.1 Å². The van der Waals surface area contributed by atoms with E-state index in [9.17, 15) is 4.79 Å². The van der Waals surface area contributed by atoms with Gasteiger partial charge in [0.1, 0.15) is 0 Å². The molecular formula is C6H10O2Se. The summed E-state index contributed by atoms with van der Waals surface area (Å²) in [7, 11) is 0. The molecule has 1 rings (SSSR count). The number of carboxylic acids is 1. The van der Waals surface area contributed by atoms with Gasteiger partial charge in [0, 0.05) is 0 Å². The van der Waals surface area contributed by atoms with Gasteiger partial charge in [0.2, 0.25) is 0 Å². The van der Waals surface area contributed by atoms with Gasteiger partial charge in [0.05, 0.1) is 0 Å². The van der Waals surface area contributed by atoms with Crippen molar-refractivity contribution in [3.05, 3.63) is 0 Å². The Kier molecular flexibility index (Phi) is 2.55. The molecule has 0 radical (unpaired) electrons. The van der Waals surface area contributed by atoms with E-state index in [1.165, 1.54) is 11.7 Å². The van der Waals surface area contributed by atoms with Gasteiger partial charge in [0.25, 0.3) is 0 Å². The summed E-state index contributed by atoms with van der Waals surface area (Å²) in [6.45, 7) is 0. The summed E-state index contributed by atoms with van der Waals surface area (Å²) in [5.74, 6) is -0.574. The third-order valence-corrected chi connectivity index (χ3v) is 4.32. The molecule has 0 bridgehead atoms. The summed E-state index contributed by atoms with van der Waals surface area (Å²) in [6.07, 6.45) is 3.30. The fourth-order valence-electron chi connectivity index (χ4n) is 0.935. The molecule has 0 amide bonds. The Bertz CT molecular complexity index is 108. The summed E-state index contributed by atoms with van der Waals surface area (Å²) in [5.41, 5.74) is 0. The van der Waals surface area contributed by atoms with Crippen LogP contribution in [0, 0.1) is 0 Å². The van der Waals surface area contributed by atoms with Crippen LogP contribution in [0.25, 0.3) is 0 Å². The van der Waals surface area contributed by atoms with Gasteiger partial charge < -0.3 is 0 Å². The van der Waals surface area contributed by atoms with Crippen molar-refractivity contribution in [1.82, 2.24) is 0 Å². The molecular weight excluding hydrogens is 183 g/mol. The molecule has 0 aromatic rings. The quantitative estimate of drug-likeness (QED) is 0.634. The Morgan fingerprint density at radius 1 is 1.56 bits per heavy atom. The first-order valence-corrected chi connectivity index (χ1v) is 5.35. The number of hydrogen-bond donors (Lipinski definition) is 1. The molecule has 52 valence electrons. The molecule has 1 atom stereocenters. The molecule has 1 heterocycles. The molecule has 0 aromatic carbocycles. The Balaban J connectivity index is 2.31. The van der Waals surface area contributed by atoms with Crippen LogP contribution in [0.15, 0.2) is 0 Å². The van der Waals surface area contributed by atoms with E-state index in [-0.39, 0.29) is 4.82 Å². The molecule has 2 nitrogen and oxygen atoms in total. The van der Waals surface area contributed by atoms with Crippen LogP contribution in [-0.4, -0.2) is 26.0 Å². The maximum atomic E-state index is 10.4. The minimum atomic E-state index is -0.574. The van der Waals surface area contributed by atoms with Crippen molar-refractivity contribution in [3.63, 3.8) is 0 Å². The van der Waals surface area contributed by atoms with Gasteiger partial charge in [-0.3, -0.25) is 0 Å². The Morgan fingerprint density at radius 2 is 2.33 bits per heavy atom. The van der Waals surface area contributed by atoms with Gasteiger partial charge in [-0.25, -0.2) is 0 Å². The third-order valence-electron chi connectivity index (χ3n) is 1.46. The fraction of sp³-hybridized carbons (Fsp3) is 0.833. The van der Waals surface area contributed by atoms with E-state index >= 15 is 0 Å². The Labute approximate surface area is 60.8 Å².